The van der Waals surface area contributed by atoms with Crippen LogP contribution in [0.15, 0.2) is 29.9 Å². The number of halogens is 1. The lowest BCUT2D eigenvalue weighted by Gasteiger charge is -2.32. The van der Waals surface area contributed by atoms with E-state index in [2.05, 4.69) is 20.5 Å². The number of carbonyl (C=O) groups is 1. The second-order valence-corrected chi connectivity index (χ2v) is 9.47. The van der Waals surface area contributed by atoms with Crippen molar-refractivity contribution in [1.82, 2.24) is 30.1 Å². The highest BCUT2D eigenvalue weighted by atomic mass is 32.1. The first-order valence-corrected chi connectivity index (χ1v) is 11.2. The molecule has 0 aliphatic carbocycles. The minimum Gasteiger partial charge on any atom is -0.484 e. The highest BCUT2D eigenvalue weighted by Gasteiger charge is 2.28. The molecular weight excluding hydrogens is 435 g/mol. The molecule has 4 rings (SSSR count). The molecule has 9 nitrogen and oxygen atoms in total. The third-order valence-electron chi connectivity index (χ3n) is 4.97. The normalized spacial score (nSPS) is 15.1. The minimum absolute atomic E-state index is 0.141. The van der Waals surface area contributed by atoms with Crippen molar-refractivity contribution in [1.29, 1.82) is 0 Å². The van der Waals surface area contributed by atoms with Crippen LogP contribution in [-0.4, -0.2) is 54.9 Å². The molecule has 11 heteroatoms. The van der Waals surface area contributed by atoms with E-state index in [4.69, 9.17) is 9.47 Å². The minimum atomic E-state index is -0.497. The molecule has 1 aromatic carbocycles. The van der Waals surface area contributed by atoms with E-state index >= 15 is 0 Å². The summed E-state index contributed by atoms with van der Waals surface area (Å²) in [6.45, 7) is 7.06. The third-order valence-corrected chi connectivity index (χ3v) is 6.03. The van der Waals surface area contributed by atoms with Gasteiger partial charge in [0.15, 0.2) is 11.6 Å². The van der Waals surface area contributed by atoms with Crippen LogP contribution in [0.25, 0.3) is 5.69 Å². The highest BCUT2D eigenvalue weighted by Crippen LogP contribution is 2.31. The number of ether oxygens (including phenoxy) is 2. The summed E-state index contributed by atoms with van der Waals surface area (Å²) in [5.41, 5.74) is 0.767. The summed E-state index contributed by atoms with van der Waals surface area (Å²) in [6, 6.07) is 4.54. The van der Waals surface area contributed by atoms with Gasteiger partial charge < -0.3 is 14.4 Å². The number of aromatic nitrogens is 5. The monoisotopic (exact) mass is 460 g/mol. The van der Waals surface area contributed by atoms with Crippen molar-refractivity contribution in [3.8, 4) is 11.4 Å². The number of benzene rings is 1. The molecule has 1 fully saturated rings. The van der Waals surface area contributed by atoms with Crippen molar-refractivity contribution in [3.63, 3.8) is 0 Å². The van der Waals surface area contributed by atoms with Crippen molar-refractivity contribution >= 4 is 17.4 Å². The number of hydrogen-bond donors (Lipinski definition) is 0. The van der Waals surface area contributed by atoms with Crippen LogP contribution in [0.2, 0.25) is 0 Å². The van der Waals surface area contributed by atoms with Crippen LogP contribution in [0.5, 0.6) is 5.75 Å². The van der Waals surface area contributed by atoms with Gasteiger partial charge in [0, 0.05) is 30.5 Å². The number of rotatable bonds is 5. The van der Waals surface area contributed by atoms with Gasteiger partial charge in [-0.3, -0.25) is 0 Å². The Kier molecular flexibility index (Phi) is 6.35. The van der Waals surface area contributed by atoms with Gasteiger partial charge >= 0.3 is 6.09 Å². The molecule has 0 atom stereocenters. The van der Waals surface area contributed by atoms with Gasteiger partial charge in [-0.25, -0.2) is 18.9 Å². The van der Waals surface area contributed by atoms with Crippen molar-refractivity contribution in [2.24, 2.45) is 0 Å². The average Bonchev–Trinajstić information content (AvgIpc) is 3.44. The number of tetrazole rings is 1. The molecule has 170 valence electrons. The zero-order valence-corrected chi connectivity index (χ0v) is 19.0. The fraction of sp³-hybridized carbons (Fsp3) is 0.476. The Morgan fingerprint density at radius 1 is 1.28 bits per heavy atom. The maximum Gasteiger partial charge on any atom is 0.410 e. The zero-order valence-electron chi connectivity index (χ0n) is 18.2. The van der Waals surface area contributed by atoms with Crippen LogP contribution < -0.4 is 4.74 Å². The number of amides is 1. The van der Waals surface area contributed by atoms with Gasteiger partial charge in [-0.05, 0) is 56.2 Å². The van der Waals surface area contributed by atoms with Crippen LogP contribution in [0.4, 0.5) is 9.18 Å². The highest BCUT2D eigenvalue weighted by molar-refractivity contribution is 7.09. The smallest absolute Gasteiger partial charge is 0.410 e. The summed E-state index contributed by atoms with van der Waals surface area (Å²) in [5.74, 6) is -0.0650. The van der Waals surface area contributed by atoms with Gasteiger partial charge in [0.1, 0.15) is 18.5 Å². The number of thiazole rings is 1. The van der Waals surface area contributed by atoms with E-state index in [1.165, 1.54) is 17.1 Å². The van der Waals surface area contributed by atoms with Gasteiger partial charge in [-0.15, -0.1) is 16.4 Å². The summed E-state index contributed by atoms with van der Waals surface area (Å²) in [6.07, 6.45) is 2.79. The molecule has 0 N–H and O–H groups in total. The van der Waals surface area contributed by atoms with Crippen LogP contribution in [0.1, 0.15) is 50.2 Å². The second-order valence-electron chi connectivity index (χ2n) is 8.58. The molecule has 1 amide bonds. The van der Waals surface area contributed by atoms with Crippen molar-refractivity contribution < 1.29 is 18.7 Å². The summed E-state index contributed by atoms with van der Waals surface area (Å²) < 4.78 is 26.8. The predicted molar refractivity (Wildman–Crippen MR) is 115 cm³/mol. The van der Waals surface area contributed by atoms with Crippen LogP contribution in [0.3, 0.4) is 0 Å². The molecule has 0 unspecified atom stereocenters. The first kappa shape index (κ1) is 22.1. The van der Waals surface area contributed by atoms with Gasteiger partial charge in [-0.2, -0.15) is 0 Å². The third kappa shape index (κ3) is 5.39. The van der Waals surface area contributed by atoms with Gasteiger partial charge in [0.25, 0.3) is 0 Å². The molecule has 0 bridgehead atoms. The number of carbonyl (C=O) groups excluding carboxylic acids is 1. The standard InChI is InChI=1S/C21H25FN6O3S/c1-21(2,3)31-20(29)27-8-6-14(7-9-27)19-24-15(12-32-19)11-30-18-5-4-16(10-17(18)22)28-13-23-25-26-28/h4-5,10,12-14H,6-9,11H2,1-3H3. The molecule has 0 radical (unpaired) electrons. The topological polar surface area (TPSA) is 95.3 Å². The molecule has 1 saturated heterocycles. The van der Waals surface area contributed by atoms with Gasteiger partial charge in [-0.1, -0.05) is 0 Å². The van der Waals surface area contributed by atoms with E-state index in [0.29, 0.717) is 24.7 Å². The zero-order chi connectivity index (χ0) is 22.7. The van der Waals surface area contributed by atoms with E-state index in [1.54, 1.807) is 28.4 Å². The lowest BCUT2D eigenvalue weighted by atomic mass is 9.98. The van der Waals surface area contributed by atoms with Crippen LogP contribution in [0, 0.1) is 5.82 Å². The van der Waals surface area contributed by atoms with E-state index in [0.717, 1.165) is 23.5 Å². The Labute approximate surface area is 189 Å². The first-order valence-electron chi connectivity index (χ1n) is 10.4. The second kappa shape index (κ2) is 9.19. The molecule has 0 saturated carbocycles. The maximum atomic E-state index is 14.4. The van der Waals surface area contributed by atoms with E-state index < -0.39 is 11.4 Å². The fourth-order valence-electron chi connectivity index (χ4n) is 3.39. The summed E-state index contributed by atoms with van der Waals surface area (Å²) in [4.78, 5) is 18.7. The van der Waals surface area contributed by atoms with Gasteiger partial charge in [0.2, 0.25) is 0 Å². The van der Waals surface area contributed by atoms with Crippen molar-refractivity contribution in [2.75, 3.05) is 13.1 Å². The largest absolute Gasteiger partial charge is 0.484 e. The number of nitrogens with zero attached hydrogens (tertiary/aromatic N) is 6. The molecule has 1 aliphatic rings. The number of hydrogen-bond acceptors (Lipinski definition) is 8. The fourth-order valence-corrected chi connectivity index (χ4v) is 4.37. The molecule has 1 aliphatic heterocycles. The molecule has 3 aromatic rings. The number of likely N-dealkylation sites (tertiary alicyclic amines) is 1. The number of piperidine rings is 1. The Balaban J connectivity index is 1.30. The van der Waals surface area contributed by atoms with Gasteiger partial charge in [0.05, 0.1) is 16.4 Å². The molecular formula is C21H25FN6O3S. The van der Waals surface area contributed by atoms with Crippen molar-refractivity contribution in [3.05, 3.63) is 46.4 Å². The Morgan fingerprint density at radius 3 is 2.72 bits per heavy atom. The van der Waals surface area contributed by atoms with Crippen molar-refractivity contribution in [2.45, 2.75) is 51.7 Å². The van der Waals surface area contributed by atoms with E-state index in [1.807, 2.05) is 26.2 Å². The van der Waals surface area contributed by atoms with E-state index in [-0.39, 0.29) is 18.4 Å². The van der Waals surface area contributed by atoms with Crippen LogP contribution in [-0.2, 0) is 11.3 Å². The summed E-state index contributed by atoms with van der Waals surface area (Å²) in [7, 11) is 0. The average molecular weight is 461 g/mol. The molecule has 0 spiro atoms. The summed E-state index contributed by atoms with van der Waals surface area (Å²) in [5, 5.41) is 13.8. The Bertz CT molecular complexity index is 1060. The summed E-state index contributed by atoms with van der Waals surface area (Å²) >= 11 is 1.57. The van der Waals surface area contributed by atoms with Crippen LogP contribution >= 0.6 is 11.3 Å². The lowest BCUT2D eigenvalue weighted by molar-refractivity contribution is 0.0204. The lowest BCUT2D eigenvalue weighted by Crippen LogP contribution is -2.41. The maximum absolute atomic E-state index is 14.4. The molecule has 32 heavy (non-hydrogen) atoms. The Hall–Kier alpha value is -3.08. The SMILES string of the molecule is CC(C)(C)OC(=O)N1CCC(c2nc(COc3ccc(-n4cnnn4)cc3F)cs2)CC1. The Morgan fingerprint density at radius 2 is 2.06 bits per heavy atom. The molecule has 2 aromatic heterocycles. The quantitative estimate of drug-likeness (QED) is 0.569. The predicted octanol–water partition coefficient (Wildman–Crippen LogP) is 3.95. The molecule has 3 heterocycles. The van der Waals surface area contributed by atoms with E-state index in [9.17, 15) is 9.18 Å². The first-order chi connectivity index (χ1) is 15.3.